The van der Waals surface area contributed by atoms with E-state index in [1.807, 2.05) is 12.4 Å². The molecule has 2 aliphatic rings. The number of piperidine rings is 1. The largest absolute Gasteiger partial charge is 0.319 e. The normalized spacial score (nSPS) is 21.9. The molecule has 2 aromatic heterocycles. The molecule has 0 amide bonds. The first-order chi connectivity index (χ1) is 11.6. The van der Waals surface area contributed by atoms with Gasteiger partial charge < -0.3 is 10.3 Å². The van der Waals surface area contributed by atoms with E-state index in [0.717, 1.165) is 35.6 Å². The lowest BCUT2D eigenvalue weighted by Crippen LogP contribution is -2.39. The molecule has 0 saturated carbocycles. The first kappa shape index (κ1) is 15.6. The quantitative estimate of drug-likeness (QED) is 0.908. The van der Waals surface area contributed by atoms with Crippen molar-refractivity contribution in [1.82, 2.24) is 25.1 Å². The minimum Gasteiger partial charge on any atom is -0.319 e. The Balaban J connectivity index is 1.50. The third kappa shape index (κ3) is 2.80. The van der Waals surface area contributed by atoms with Crippen LogP contribution < -0.4 is 10.9 Å². The molecule has 0 aromatic carbocycles. The number of hydrogen-bond donors (Lipinski definition) is 2. The van der Waals surface area contributed by atoms with Crippen LogP contribution in [-0.4, -0.2) is 38.8 Å². The number of nitrogens with one attached hydrogen (secondary N) is 2. The second kappa shape index (κ2) is 6.18. The maximum absolute atomic E-state index is 4.63. The molecule has 128 valence electrons. The molecule has 2 N–H and O–H groups in total. The minimum absolute atomic E-state index is 0.253. The van der Waals surface area contributed by atoms with Crippen LogP contribution in [0.15, 0.2) is 24.7 Å². The van der Waals surface area contributed by atoms with Crippen LogP contribution in [0.2, 0.25) is 0 Å². The standard InChI is InChI=1S/C18H26N6/c1-12(2)23-6-4-16(5-7-23)24-11-15(10-20-24)14-8-17-18(19-9-14)13(3)21-22-17/h8-13,16,21-22H,4-7H2,1-3H3. The van der Waals surface area contributed by atoms with Crippen LogP contribution >= 0.6 is 0 Å². The van der Waals surface area contributed by atoms with E-state index >= 15 is 0 Å². The van der Waals surface area contributed by atoms with Crippen molar-refractivity contribution in [3.05, 3.63) is 30.4 Å². The first-order valence-corrected chi connectivity index (χ1v) is 8.92. The average Bonchev–Trinajstić information content (AvgIpc) is 3.22. The van der Waals surface area contributed by atoms with Gasteiger partial charge in [0.15, 0.2) is 0 Å². The summed E-state index contributed by atoms with van der Waals surface area (Å²) in [4.78, 5) is 7.15. The van der Waals surface area contributed by atoms with Gasteiger partial charge in [0, 0.05) is 42.7 Å². The second-order valence-corrected chi connectivity index (χ2v) is 7.22. The maximum atomic E-state index is 4.63. The fourth-order valence-corrected chi connectivity index (χ4v) is 3.69. The zero-order valence-corrected chi connectivity index (χ0v) is 14.7. The summed E-state index contributed by atoms with van der Waals surface area (Å²) in [5.41, 5.74) is 10.8. The highest BCUT2D eigenvalue weighted by Crippen LogP contribution is 2.31. The second-order valence-electron chi connectivity index (χ2n) is 7.22. The molecule has 0 radical (unpaired) electrons. The Kier molecular flexibility index (Phi) is 4.02. The van der Waals surface area contributed by atoms with E-state index in [2.05, 4.69) is 63.6 Å². The average molecular weight is 326 g/mol. The highest BCUT2D eigenvalue weighted by atomic mass is 15.4. The molecule has 1 saturated heterocycles. The summed E-state index contributed by atoms with van der Waals surface area (Å²) in [5.74, 6) is 0. The van der Waals surface area contributed by atoms with Gasteiger partial charge >= 0.3 is 0 Å². The highest BCUT2D eigenvalue weighted by molar-refractivity contribution is 5.68. The van der Waals surface area contributed by atoms with Gasteiger partial charge in [0.2, 0.25) is 0 Å². The summed E-state index contributed by atoms with van der Waals surface area (Å²) < 4.78 is 2.15. The van der Waals surface area contributed by atoms with Crippen molar-refractivity contribution in [2.75, 3.05) is 18.5 Å². The molecule has 1 fully saturated rings. The molecule has 0 bridgehead atoms. The van der Waals surface area contributed by atoms with Crippen molar-refractivity contribution in [3.8, 4) is 11.1 Å². The summed E-state index contributed by atoms with van der Waals surface area (Å²) in [6, 6.07) is 3.56. The van der Waals surface area contributed by atoms with Crippen LogP contribution in [0.4, 0.5) is 5.69 Å². The number of rotatable bonds is 3. The summed E-state index contributed by atoms with van der Waals surface area (Å²) >= 11 is 0. The Labute approximate surface area is 143 Å². The number of aromatic nitrogens is 3. The van der Waals surface area contributed by atoms with Gasteiger partial charge in [0.25, 0.3) is 0 Å². The summed E-state index contributed by atoms with van der Waals surface area (Å²) in [6.07, 6.45) is 8.43. The Morgan fingerprint density at radius 1 is 1.17 bits per heavy atom. The van der Waals surface area contributed by atoms with Gasteiger partial charge in [0.1, 0.15) is 0 Å². The zero-order chi connectivity index (χ0) is 16.7. The SMILES string of the molecule is CC1NNc2cc(-c3cnn(C4CCN(C(C)C)CC4)c3)cnc21. The topological polar surface area (TPSA) is 58.0 Å². The van der Waals surface area contributed by atoms with Crippen molar-refractivity contribution in [2.45, 2.75) is 51.7 Å². The monoisotopic (exact) mass is 326 g/mol. The van der Waals surface area contributed by atoms with Crippen LogP contribution in [0.5, 0.6) is 0 Å². The van der Waals surface area contributed by atoms with Gasteiger partial charge in [-0.1, -0.05) is 0 Å². The lowest BCUT2D eigenvalue weighted by molar-refractivity contribution is 0.147. The number of anilines is 1. The summed E-state index contributed by atoms with van der Waals surface area (Å²) in [5, 5.41) is 4.63. The van der Waals surface area contributed by atoms with Crippen molar-refractivity contribution in [3.63, 3.8) is 0 Å². The Bertz CT molecular complexity index is 714. The molecule has 6 heteroatoms. The molecular weight excluding hydrogens is 300 g/mol. The highest BCUT2D eigenvalue weighted by Gasteiger charge is 2.23. The van der Waals surface area contributed by atoms with E-state index in [0.29, 0.717) is 12.1 Å². The van der Waals surface area contributed by atoms with Crippen LogP contribution in [0.1, 0.15) is 51.4 Å². The van der Waals surface area contributed by atoms with Crippen molar-refractivity contribution >= 4 is 5.69 Å². The van der Waals surface area contributed by atoms with E-state index < -0.39 is 0 Å². The van der Waals surface area contributed by atoms with Crippen molar-refractivity contribution < 1.29 is 0 Å². The van der Waals surface area contributed by atoms with Gasteiger partial charge in [-0.2, -0.15) is 5.10 Å². The third-order valence-electron chi connectivity index (χ3n) is 5.29. The van der Waals surface area contributed by atoms with Crippen LogP contribution in [0, 0.1) is 0 Å². The van der Waals surface area contributed by atoms with Gasteiger partial charge in [-0.3, -0.25) is 9.67 Å². The number of hydrazine groups is 1. The van der Waals surface area contributed by atoms with E-state index in [1.165, 1.54) is 12.8 Å². The van der Waals surface area contributed by atoms with E-state index in [1.54, 1.807) is 0 Å². The van der Waals surface area contributed by atoms with E-state index in [-0.39, 0.29) is 6.04 Å². The zero-order valence-electron chi connectivity index (χ0n) is 14.7. The van der Waals surface area contributed by atoms with Gasteiger partial charge in [-0.15, -0.1) is 0 Å². The molecule has 2 aromatic rings. The van der Waals surface area contributed by atoms with Crippen LogP contribution in [0.3, 0.4) is 0 Å². The third-order valence-corrected chi connectivity index (χ3v) is 5.29. The van der Waals surface area contributed by atoms with Gasteiger partial charge in [-0.25, -0.2) is 5.43 Å². The van der Waals surface area contributed by atoms with E-state index in [4.69, 9.17) is 0 Å². The van der Waals surface area contributed by atoms with Crippen molar-refractivity contribution in [1.29, 1.82) is 0 Å². The predicted octanol–water partition coefficient (Wildman–Crippen LogP) is 2.98. The van der Waals surface area contributed by atoms with E-state index in [9.17, 15) is 0 Å². The molecule has 0 aliphatic carbocycles. The Hall–Kier alpha value is -1.92. The van der Waals surface area contributed by atoms with Crippen LogP contribution in [0.25, 0.3) is 11.1 Å². The molecule has 4 rings (SSSR count). The number of pyridine rings is 1. The van der Waals surface area contributed by atoms with Crippen LogP contribution in [-0.2, 0) is 0 Å². The Morgan fingerprint density at radius 3 is 2.71 bits per heavy atom. The van der Waals surface area contributed by atoms with Gasteiger partial charge in [0.05, 0.1) is 29.7 Å². The number of likely N-dealkylation sites (tertiary alicyclic amines) is 1. The lowest BCUT2D eigenvalue weighted by atomic mass is 10.0. The Morgan fingerprint density at radius 2 is 1.96 bits per heavy atom. The molecular formula is C18H26N6. The predicted molar refractivity (Wildman–Crippen MR) is 95.6 cm³/mol. The molecule has 4 heterocycles. The summed E-state index contributed by atoms with van der Waals surface area (Å²) in [6.45, 7) is 8.97. The fraction of sp³-hybridized carbons (Fsp3) is 0.556. The minimum atomic E-state index is 0.253. The molecule has 2 aliphatic heterocycles. The molecule has 24 heavy (non-hydrogen) atoms. The number of hydrogen-bond acceptors (Lipinski definition) is 5. The fourth-order valence-electron chi connectivity index (χ4n) is 3.69. The van der Waals surface area contributed by atoms with Gasteiger partial charge in [-0.05, 0) is 39.7 Å². The van der Waals surface area contributed by atoms with Crippen molar-refractivity contribution in [2.24, 2.45) is 0 Å². The lowest BCUT2D eigenvalue weighted by Gasteiger charge is -2.34. The maximum Gasteiger partial charge on any atom is 0.0833 e. The number of nitrogens with zero attached hydrogens (tertiary/aromatic N) is 4. The molecule has 1 unspecified atom stereocenters. The first-order valence-electron chi connectivity index (χ1n) is 8.92. The molecule has 6 nitrogen and oxygen atoms in total. The smallest absolute Gasteiger partial charge is 0.0833 e. The number of fused-ring (bicyclic) bond motifs is 1. The summed E-state index contributed by atoms with van der Waals surface area (Å²) in [7, 11) is 0. The molecule has 0 spiro atoms. The molecule has 1 atom stereocenters.